The van der Waals surface area contributed by atoms with Gasteiger partial charge in [0.05, 0.1) is 27.3 Å². The number of amides is 5. The fourth-order valence-electron chi connectivity index (χ4n) is 6.51. The number of aromatic nitrogens is 1. The number of anilines is 2. The lowest BCUT2D eigenvalue weighted by atomic mass is 10.0. The molecular weight excluding hydrogens is 737 g/mol. The van der Waals surface area contributed by atoms with Gasteiger partial charge in [0.25, 0.3) is 23.4 Å². The molecule has 1 fully saturated rings. The number of hydrazone groups is 1. The number of thiazole rings is 1. The SMILES string of the molecule is O=C1CCC(N2C(=O)c3cccc(NCCCCNC(=O)/C(=N\Nc4nc(-c5ccc(-c6ccccc6)cc5)cs4)c4ccccc4[N+](=O)[O-])c3C2=O)C(=O)N1. The summed E-state index contributed by atoms with van der Waals surface area (Å²) in [6, 6.07) is 27.5. The lowest BCUT2D eigenvalue weighted by molar-refractivity contribution is -0.385. The van der Waals surface area contributed by atoms with E-state index < -0.39 is 40.5 Å². The number of carbonyl (C=O) groups excluding carboxylic acids is 5. The highest BCUT2D eigenvalue weighted by Gasteiger charge is 2.45. The van der Waals surface area contributed by atoms with E-state index in [-0.39, 0.29) is 47.5 Å². The Balaban J connectivity index is 0.972. The number of benzene rings is 4. The monoisotopic (exact) mass is 770 g/mol. The molecule has 1 unspecified atom stereocenters. The Morgan fingerprint density at radius 2 is 1.59 bits per heavy atom. The average Bonchev–Trinajstić information content (AvgIpc) is 3.79. The van der Waals surface area contributed by atoms with E-state index in [2.05, 4.69) is 31.5 Å². The summed E-state index contributed by atoms with van der Waals surface area (Å²) in [6.07, 6.45) is 1.10. The van der Waals surface area contributed by atoms with Gasteiger partial charge in [-0.15, -0.1) is 11.3 Å². The number of para-hydroxylation sites is 1. The number of fused-ring (bicyclic) bond motifs is 1. The van der Waals surface area contributed by atoms with Gasteiger partial charge in [0, 0.05) is 42.2 Å². The molecular formula is C40H34N8O7S. The zero-order chi connectivity index (χ0) is 39.2. The van der Waals surface area contributed by atoms with E-state index in [1.807, 2.05) is 60.0 Å². The van der Waals surface area contributed by atoms with Crippen molar-refractivity contribution in [3.8, 4) is 22.4 Å². The van der Waals surface area contributed by atoms with Gasteiger partial charge >= 0.3 is 0 Å². The Labute approximate surface area is 324 Å². The van der Waals surface area contributed by atoms with Crippen LogP contribution >= 0.6 is 11.3 Å². The molecule has 1 saturated heterocycles. The minimum absolute atomic E-state index is 0.0236. The van der Waals surface area contributed by atoms with Crippen LogP contribution in [0.25, 0.3) is 22.4 Å². The number of unbranched alkanes of at least 4 members (excludes halogenated alkanes) is 1. The fourth-order valence-corrected chi connectivity index (χ4v) is 7.17. The van der Waals surface area contributed by atoms with E-state index in [1.54, 1.807) is 18.2 Å². The summed E-state index contributed by atoms with van der Waals surface area (Å²) in [5.74, 6) is -2.98. The van der Waals surface area contributed by atoms with Crippen molar-refractivity contribution in [3.05, 3.63) is 129 Å². The van der Waals surface area contributed by atoms with Crippen molar-refractivity contribution in [2.45, 2.75) is 31.7 Å². The largest absolute Gasteiger partial charge is 0.384 e. The summed E-state index contributed by atoms with van der Waals surface area (Å²) in [5, 5.41) is 26.6. The van der Waals surface area contributed by atoms with E-state index in [0.717, 1.165) is 21.6 Å². The van der Waals surface area contributed by atoms with Gasteiger partial charge in [-0.25, -0.2) is 4.98 Å². The quantitative estimate of drug-likeness (QED) is 0.0361. The number of piperidine rings is 1. The number of nitro benzene ring substituents is 1. The van der Waals surface area contributed by atoms with Crippen molar-refractivity contribution in [2.75, 3.05) is 23.8 Å². The maximum atomic E-state index is 13.5. The smallest absolute Gasteiger partial charge is 0.279 e. The van der Waals surface area contributed by atoms with Gasteiger partial charge in [-0.1, -0.05) is 72.8 Å². The Morgan fingerprint density at radius 1 is 0.875 bits per heavy atom. The summed E-state index contributed by atoms with van der Waals surface area (Å²) < 4.78 is 0. The number of hydrogen-bond acceptors (Lipinski definition) is 12. The van der Waals surface area contributed by atoms with Crippen molar-refractivity contribution in [2.24, 2.45) is 5.10 Å². The number of nitro groups is 1. The predicted molar refractivity (Wildman–Crippen MR) is 210 cm³/mol. The number of nitrogens with zero attached hydrogens (tertiary/aromatic N) is 4. The molecule has 5 amide bonds. The Bertz CT molecular complexity index is 2380. The highest BCUT2D eigenvalue weighted by atomic mass is 32.1. The molecule has 5 aromatic rings. The molecule has 15 nitrogen and oxygen atoms in total. The van der Waals surface area contributed by atoms with Gasteiger partial charge in [0.15, 0.2) is 5.71 Å². The van der Waals surface area contributed by atoms with Crippen LogP contribution < -0.4 is 21.4 Å². The molecule has 0 saturated carbocycles. The van der Waals surface area contributed by atoms with Crippen LogP contribution in [-0.4, -0.2) is 69.2 Å². The first-order valence-corrected chi connectivity index (χ1v) is 18.6. The number of rotatable bonds is 14. The van der Waals surface area contributed by atoms with Gasteiger partial charge in [0.1, 0.15) is 6.04 Å². The summed E-state index contributed by atoms with van der Waals surface area (Å²) >= 11 is 1.27. The molecule has 0 bridgehead atoms. The van der Waals surface area contributed by atoms with Crippen molar-refractivity contribution >= 4 is 63.1 Å². The Hall–Kier alpha value is -7.07. The average molecular weight is 771 g/mol. The first kappa shape index (κ1) is 37.3. The maximum absolute atomic E-state index is 13.5. The second-order valence-corrected chi connectivity index (χ2v) is 13.8. The number of hydrogen-bond donors (Lipinski definition) is 4. The standard InChI is InChI=1S/C40H34N8O7S/c49-33-20-19-32(36(50)44-33)47-38(52)28-12-8-13-29(34(28)39(47)53)41-21-6-7-22-42-37(51)35(27-11-4-5-14-31(27)48(54)55)45-46-40-43-30(23-56-40)26-17-15-25(16-18-26)24-9-2-1-3-10-24/h1-5,8-18,23,32,41H,6-7,19-22H2,(H,42,51)(H,43,46)(H,44,49,50)/b45-35-. The van der Waals surface area contributed by atoms with Gasteiger partial charge in [-0.05, 0) is 48.6 Å². The third kappa shape index (κ3) is 7.90. The summed E-state index contributed by atoms with van der Waals surface area (Å²) in [6.45, 7) is 0.578. The zero-order valence-corrected chi connectivity index (χ0v) is 30.5. The molecule has 282 valence electrons. The molecule has 7 rings (SSSR count). The van der Waals surface area contributed by atoms with Crippen LogP contribution in [0.2, 0.25) is 0 Å². The molecule has 16 heteroatoms. The number of nitrogens with one attached hydrogen (secondary N) is 4. The minimum Gasteiger partial charge on any atom is -0.384 e. The number of carbonyl (C=O) groups is 5. The van der Waals surface area contributed by atoms with Crippen LogP contribution in [0.4, 0.5) is 16.5 Å². The highest BCUT2D eigenvalue weighted by Crippen LogP contribution is 2.33. The van der Waals surface area contributed by atoms with Gasteiger partial charge < -0.3 is 10.6 Å². The summed E-state index contributed by atoms with van der Waals surface area (Å²) in [7, 11) is 0. The van der Waals surface area contributed by atoms with Crippen LogP contribution in [-0.2, 0) is 14.4 Å². The Morgan fingerprint density at radius 3 is 2.36 bits per heavy atom. The molecule has 0 spiro atoms. The summed E-state index contributed by atoms with van der Waals surface area (Å²) in [4.78, 5) is 80.9. The molecule has 4 N–H and O–H groups in total. The van der Waals surface area contributed by atoms with E-state index in [1.165, 1.54) is 35.6 Å². The molecule has 4 aromatic carbocycles. The first-order chi connectivity index (χ1) is 27.2. The third-order valence-corrected chi connectivity index (χ3v) is 10.0. The predicted octanol–water partition coefficient (Wildman–Crippen LogP) is 5.61. The van der Waals surface area contributed by atoms with Crippen molar-refractivity contribution < 1.29 is 28.9 Å². The van der Waals surface area contributed by atoms with E-state index >= 15 is 0 Å². The van der Waals surface area contributed by atoms with Gasteiger partial charge in [0.2, 0.25) is 16.9 Å². The van der Waals surface area contributed by atoms with E-state index in [4.69, 9.17) is 0 Å². The van der Waals surface area contributed by atoms with Gasteiger partial charge in [-0.3, -0.25) is 49.7 Å². The van der Waals surface area contributed by atoms with Crippen LogP contribution in [0.15, 0.2) is 108 Å². The normalized spacial score (nSPS) is 15.3. The lowest BCUT2D eigenvalue weighted by Crippen LogP contribution is -2.54. The van der Waals surface area contributed by atoms with E-state index in [9.17, 15) is 34.1 Å². The maximum Gasteiger partial charge on any atom is 0.279 e. The van der Waals surface area contributed by atoms with Gasteiger partial charge in [-0.2, -0.15) is 5.10 Å². The molecule has 3 heterocycles. The topological polar surface area (TPSA) is 205 Å². The summed E-state index contributed by atoms with van der Waals surface area (Å²) in [5.41, 5.74) is 6.85. The van der Waals surface area contributed by atoms with Crippen LogP contribution in [0.3, 0.4) is 0 Å². The number of imide groups is 2. The molecule has 1 aromatic heterocycles. The molecule has 0 radical (unpaired) electrons. The second kappa shape index (κ2) is 16.5. The second-order valence-electron chi connectivity index (χ2n) is 12.9. The van der Waals surface area contributed by atoms with Crippen molar-refractivity contribution in [3.63, 3.8) is 0 Å². The van der Waals surface area contributed by atoms with Crippen LogP contribution in [0.1, 0.15) is 52.0 Å². The zero-order valence-electron chi connectivity index (χ0n) is 29.7. The highest BCUT2D eigenvalue weighted by molar-refractivity contribution is 7.14. The fraction of sp³-hybridized carbons (Fsp3) is 0.175. The van der Waals surface area contributed by atoms with Crippen LogP contribution in [0.5, 0.6) is 0 Å². The molecule has 0 aliphatic carbocycles. The lowest BCUT2D eigenvalue weighted by Gasteiger charge is -2.27. The third-order valence-electron chi connectivity index (χ3n) is 9.30. The Kier molecular flexibility index (Phi) is 11.0. The molecule has 56 heavy (non-hydrogen) atoms. The molecule has 1 atom stereocenters. The van der Waals surface area contributed by atoms with Crippen molar-refractivity contribution in [1.82, 2.24) is 20.5 Å². The van der Waals surface area contributed by atoms with E-state index in [0.29, 0.717) is 35.9 Å². The molecule has 2 aliphatic rings. The molecule has 2 aliphatic heterocycles. The first-order valence-electron chi connectivity index (χ1n) is 17.7. The van der Waals surface area contributed by atoms with Crippen LogP contribution in [0, 0.1) is 10.1 Å². The minimum atomic E-state index is -1.07. The van der Waals surface area contributed by atoms with Crippen molar-refractivity contribution in [1.29, 1.82) is 0 Å².